The third-order valence-corrected chi connectivity index (χ3v) is 6.33. The molecule has 3 rings (SSSR count). The number of nitrogens with one attached hydrogen (secondary N) is 1. The van der Waals surface area contributed by atoms with E-state index in [2.05, 4.69) is 27.0 Å². The minimum Gasteiger partial charge on any atom is -0.325 e. The zero-order valence-corrected chi connectivity index (χ0v) is 17.2. The summed E-state index contributed by atoms with van der Waals surface area (Å²) in [5.41, 5.74) is 1.94. The van der Waals surface area contributed by atoms with E-state index in [1.807, 2.05) is 31.2 Å². The number of aryl methyl sites for hydroxylation is 2. The normalized spacial score (nSPS) is 15.0. The molecule has 1 aromatic heterocycles. The van der Waals surface area contributed by atoms with Crippen LogP contribution in [-0.2, 0) is 17.8 Å². The SMILES string of the molecule is CCn1c(CCC2CCCCC2)nnc1SCC(=O)Nc1ccccc1C. The summed E-state index contributed by atoms with van der Waals surface area (Å²) in [4.78, 5) is 12.3. The Morgan fingerprint density at radius 2 is 2.00 bits per heavy atom. The predicted octanol–water partition coefficient (Wildman–Crippen LogP) is 4.85. The predicted molar refractivity (Wildman–Crippen MR) is 111 cm³/mol. The Balaban J connectivity index is 1.53. The number of nitrogens with zero attached hydrogens (tertiary/aromatic N) is 3. The van der Waals surface area contributed by atoms with Crippen LogP contribution in [-0.4, -0.2) is 26.4 Å². The molecule has 5 nitrogen and oxygen atoms in total. The number of hydrogen-bond donors (Lipinski definition) is 1. The monoisotopic (exact) mass is 386 g/mol. The number of aromatic nitrogens is 3. The maximum Gasteiger partial charge on any atom is 0.234 e. The lowest BCUT2D eigenvalue weighted by molar-refractivity contribution is -0.113. The Labute approximate surface area is 166 Å². The number of para-hydroxylation sites is 1. The maximum atomic E-state index is 12.3. The van der Waals surface area contributed by atoms with Crippen molar-refractivity contribution in [3.05, 3.63) is 35.7 Å². The first-order chi connectivity index (χ1) is 13.2. The van der Waals surface area contributed by atoms with Crippen molar-refractivity contribution >= 4 is 23.4 Å². The lowest BCUT2D eigenvalue weighted by Crippen LogP contribution is -2.15. The first kappa shape index (κ1) is 19.9. The van der Waals surface area contributed by atoms with Gasteiger partial charge in [-0.25, -0.2) is 0 Å². The van der Waals surface area contributed by atoms with Crippen LogP contribution >= 0.6 is 11.8 Å². The molecule has 1 N–H and O–H groups in total. The first-order valence-corrected chi connectivity index (χ1v) is 11.1. The van der Waals surface area contributed by atoms with Crippen molar-refractivity contribution < 1.29 is 4.79 Å². The highest BCUT2D eigenvalue weighted by atomic mass is 32.2. The van der Waals surface area contributed by atoms with E-state index in [-0.39, 0.29) is 5.91 Å². The number of anilines is 1. The highest BCUT2D eigenvalue weighted by molar-refractivity contribution is 7.99. The van der Waals surface area contributed by atoms with Crippen molar-refractivity contribution in [3.63, 3.8) is 0 Å². The number of thioether (sulfide) groups is 1. The summed E-state index contributed by atoms with van der Waals surface area (Å²) in [5, 5.41) is 12.6. The van der Waals surface area contributed by atoms with E-state index >= 15 is 0 Å². The van der Waals surface area contributed by atoms with Gasteiger partial charge in [0.05, 0.1) is 5.75 Å². The topological polar surface area (TPSA) is 59.8 Å². The maximum absolute atomic E-state index is 12.3. The van der Waals surface area contributed by atoms with E-state index in [9.17, 15) is 4.79 Å². The molecule has 1 heterocycles. The second-order valence-electron chi connectivity index (χ2n) is 7.34. The zero-order chi connectivity index (χ0) is 19.1. The fourth-order valence-electron chi connectivity index (χ4n) is 3.77. The second-order valence-corrected chi connectivity index (χ2v) is 8.28. The average molecular weight is 387 g/mol. The summed E-state index contributed by atoms with van der Waals surface area (Å²) in [5.74, 6) is 2.24. The van der Waals surface area contributed by atoms with Crippen molar-refractivity contribution in [1.82, 2.24) is 14.8 Å². The van der Waals surface area contributed by atoms with Gasteiger partial charge in [0.15, 0.2) is 5.16 Å². The summed E-state index contributed by atoms with van der Waals surface area (Å²) in [7, 11) is 0. The van der Waals surface area contributed by atoms with Gasteiger partial charge in [-0.05, 0) is 37.8 Å². The van der Waals surface area contributed by atoms with E-state index in [0.29, 0.717) is 5.75 Å². The molecule has 2 aromatic rings. The highest BCUT2D eigenvalue weighted by Gasteiger charge is 2.17. The molecule has 6 heteroatoms. The molecule has 1 aliphatic rings. The summed E-state index contributed by atoms with van der Waals surface area (Å²) in [6.07, 6.45) is 9.07. The van der Waals surface area contributed by atoms with Crippen LogP contribution in [0.2, 0.25) is 0 Å². The second kappa shape index (κ2) is 9.93. The molecule has 0 unspecified atom stereocenters. The van der Waals surface area contributed by atoms with Crippen molar-refractivity contribution in [2.45, 2.75) is 70.5 Å². The van der Waals surface area contributed by atoms with Crippen molar-refractivity contribution in [2.24, 2.45) is 5.92 Å². The number of carbonyl (C=O) groups excluding carboxylic acids is 1. The van der Waals surface area contributed by atoms with Crippen LogP contribution in [0.5, 0.6) is 0 Å². The van der Waals surface area contributed by atoms with Gasteiger partial charge in [0, 0.05) is 18.7 Å². The quantitative estimate of drug-likeness (QED) is 0.659. The molecule has 1 aliphatic carbocycles. The summed E-state index contributed by atoms with van der Waals surface area (Å²) in [6, 6.07) is 7.82. The van der Waals surface area contributed by atoms with Gasteiger partial charge in [0.1, 0.15) is 5.82 Å². The zero-order valence-electron chi connectivity index (χ0n) is 16.4. The first-order valence-electron chi connectivity index (χ1n) is 10.1. The summed E-state index contributed by atoms with van der Waals surface area (Å²) >= 11 is 1.46. The molecule has 1 saturated carbocycles. The van der Waals surface area contributed by atoms with E-state index in [0.717, 1.165) is 41.1 Å². The Kier molecular flexibility index (Phi) is 7.33. The molecule has 1 amide bonds. The lowest BCUT2D eigenvalue weighted by atomic mass is 9.86. The lowest BCUT2D eigenvalue weighted by Gasteiger charge is -2.21. The minimum atomic E-state index is -0.0105. The van der Waals surface area contributed by atoms with Crippen LogP contribution in [0.3, 0.4) is 0 Å². The molecule has 1 aromatic carbocycles. The highest BCUT2D eigenvalue weighted by Crippen LogP contribution is 2.28. The number of hydrogen-bond acceptors (Lipinski definition) is 4. The number of rotatable bonds is 8. The van der Waals surface area contributed by atoms with E-state index in [1.54, 1.807) is 0 Å². The molecule has 27 heavy (non-hydrogen) atoms. The van der Waals surface area contributed by atoms with Crippen LogP contribution in [0.4, 0.5) is 5.69 Å². The van der Waals surface area contributed by atoms with Gasteiger partial charge in [-0.15, -0.1) is 10.2 Å². The van der Waals surface area contributed by atoms with Gasteiger partial charge >= 0.3 is 0 Å². The molecule has 0 atom stereocenters. The van der Waals surface area contributed by atoms with Gasteiger partial charge in [0.2, 0.25) is 5.91 Å². The third kappa shape index (κ3) is 5.58. The van der Waals surface area contributed by atoms with Gasteiger partial charge in [-0.1, -0.05) is 62.1 Å². The number of carbonyl (C=O) groups is 1. The molecule has 1 fully saturated rings. The molecule has 0 spiro atoms. The summed E-state index contributed by atoms with van der Waals surface area (Å²) < 4.78 is 2.16. The molecule has 0 aliphatic heterocycles. The standard InChI is InChI=1S/C21H30N4OS/c1-3-25-19(14-13-17-10-5-4-6-11-17)23-24-21(25)27-15-20(26)22-18-12-8-7-9-16(18)2/h7-9,12,17H,3-6,10-11,13-15H2,1-2H3,(H,22,26). The number of amides is 1. The van der Waals surface area contributed by atoms with Gasteiger partial charge in [-0.2, -0.15) is 0 Å². The Morgan fingerprint density at radius 1 is 1.22 bits per heavy atom. The smallest absolute Gasteiger partial charge is 0.234 e. The van der Waals surface area contributed by atoms with Crippen molar-refractivity contribution in [3.8, 4) is 0 Å². The molecular formula is C21H30N4OS. The number of benzene rings is 1. The van der Waals surface area contributed by atoms with Crippen molar-refractivity contribution in [1.29, 1.82) is 0 Å². The van der Waals surface area contributed by atoms with Crippen LogP contribution < -0.4 is 5.32 Å². The van der Waals surface area contributed by atoms with Gasteiger partial charge < -0.3 is 9.88 Å². The Morgan fingerprint density at radius 3 is 2.74 bits per heavy atom. The Hall–Kier alpha value is -1.82. The third-order valence-electron chi connectivity index (χ3n) is 5.36. The van der Waals surface area contributed by atoms with E-state index in [1.165, 1.54) is 50.3 Å². The van der Waals surface area contributed by atoms with Crippen LogP contribution in [0.15, 0.2) is 29.4 Å². The molecular weight excluding hydrogens is 356 g/mol. The van der Waals surface area contributed by atoms with Crippen LogP contribution in [0.1, 0.15) is 56.8 Å². The fraction of sp³-hybridized carbons (Fsp3) is 0.571. The molecule has 146 valence electrons. The largest absolute Gasteiger partial charge is 0.325 e. The molecule has 0 saturated heterocycles. The molecule has 0 radical (unpaired) electrons. The van der Waals surface area contributed by atoms with Crippen LogP contribution in [0.25, 0.3) is 0 Å². The van der Waals surface area contributed by atoms with Crippen molar-refractivity contribution in [2.75, 3.05) is 11.1 Å². The summed E-state index contributed by atoms with van der Waals surface area (Å²) in [6.45, 7) is 4.95. The molecule has 0 bridgehead atoms. The Bertz CT molecular complexity index is 752. The fourth-order valence-corrected chi connectivity index (χ4v) is 4.59. The van der Waals surface area contributed by atoms with Gasteiger partial charge in [0.25, 0.3) is 0 Å². The minimum absolute atomic E-state index is 0.0105. The van der Waals surface area contributed by atoms with Gasteiger partial charge in [-0.3, -0.25) is 4.79 Å². The average Bonchev–Trinajstić information content (AvgIpc) is 3.09. The van der Waals surface area contributed by atoms with E-state index in [4.69, 9.17) is 0 Å². The van der Waals surface area contributed by atoms with Crippen LogP contribution in [0, 0.1) is 12.8 Å². The van der Waals surface area contributed by atoms with E-state index < -0.39 is 0 Å².